The number of hydrogen-bond donors (Lipinski definition) is 1. The molecule has 2 saturated heterocycles. The minimum absolute atomic E-state index is 0.00301. The average molecular weight is 530 g/mol. The predicted molar refractivity (Wildman–Crippen MR) is 133 cm³/mol. The Morgan fingerprint density at radius 1 is 1.08 bits per heavy atom. The van der Waals surface area contributed by atoms with E-state index in [1.54, 1.807) is 18.6 Å². The number of Topliss-reactive ketones (excluding diaryl/α,β-unsaturated/α-hetero) is 1. The molecule has 0 bridgehead atoms. The van der Waals surface area contributed by atoms with Gasteiger partial charge < -0.3 is 15.0 Å². The van der Waals surface area contributed by atoms with Crippen LogP contribution in [0.4, 0.5) is 0 Å². The topological polar surface area (TPSA) is 114 Å². The number of nitrogens with zero attached hydrogens (tertiary/aromatic N) is 4. The highest BCUT2D eigenvalue weighted by atomic mass is 35.5. The molecule has 2 aromatic rings. The molecule has 9 nitrogen and oxygen atoms in total. The lowest BCUT2D eigenvalue weighted by Crippen LogP contribution is -2.55. The second-order valence-corrected chi connectivity index (χ2v) is 11.8. The van der Waals surface area contributed by atoms with Gasteiger partial charge in [-0.3, -0.25) is 14.4 Å². The second kappa shape index (κ2) is 9.79. The van der Waals surface area contributed by atoms with Crippen LogP contribution in [0.5, 0.6) is 0 Å². The number of likely N-dealkylation sites (tertiary alicyclic amines) is 1. The lowest BCUT2D eigenvalue weighted by Gasteiger charge is -2.34. The Balaban J connectivity index is 1.20. The third-order valence-corrected chi connectivity index (χ3v) is 9.11. The van der Waals surface area contributed by atoms with Crippen LogP contribution >= 0.6 is 22.9 Å². The van der Waals surface area contributed by atoms with Gasteiger partial charge in [0, 0.05) is 36.6 Å². The molecule has 0 aromatic carbocycles. The molecular weight excluding hydrogens is 502 g/mol. The average Bonchev–Trinajstić information content (AvgIpc) is 3.35. The number of alkyl halides is 1. The number of fused-ring (bicyclic) bond motifs is 1. The highest BCUT2D eigenvalue weighted by Gasteiger charge is 2.53. The molecule has 4 atom stereocenters. The Hall–Kier alpha value is -2.43. The van der Waals surface area contributed by atoms with Crippen LogP contribution in [0.15, 0.2) is 18.6 Å². The zero-order valence-electron chi connectivity index (χ0n) is 19.8. The van der Waals surface area contributed by atoms with Gasteiger partial charge in [0.05, 0.1) is 10.3 Å². The van der Waals surface area contributed by atoms with Gasteiger partial charge in [-0.1, -0.05) is 19.3 Å². The number of carbonyl (C=O) groups excluding carboxylic acids is 3. The minimum atomic E-state index is -0.734. The maximum absolute atomic E-state index is 13.8. The van der Waals surface area contributed by atoms with Crippen molar-refractivity contribution in [1.82, 2.24) is 25.2 Å². The molecule has 2 amide bonds. The number of carbonyl (C=O) groups is 3. The zero-order valence-corrected chi connectivity index (χ0v) is 21.3. The fraction of sp³-hybridized carbons (Fsp3) is 0.600. The SMILES string of the molecule is O=C(NC(C(=O)N1C[C@H](Cl)[C@H]2OCC(=O)[C@H]21)C1CCCCC1)c1ncc(-c2cnc(C3CC3)nc2)s1. The van der Waals surface area contributed by atoms with Crippen LogP contribution in [0.25, 0.3) is 10.4 Å². The summed E-state index contributed by atoms with van der Waals surface area (Å²) in [5.41, 5.74) is 0.812. The lowest BCUT2D eigenvalue weighted by molar-refractivity contribution is -0.139. The maximum Gasteiger partial charge on any atom is 0.280 e. The van der Waals surface area contributed by atoms with Crippen LogP contribution in [0, 0.1) is 5.92 Å². The highest BCUT2D eigenvalue weighted by molar-refractivity contribution is 7.16. The smallest absolute Gasteiger partial charge is 0.280 e. The standard InChI is InChI=1S/C25H28ClN5O4S/c26-16-11-31(20-17(32)12-35-21(16)20)25(34)19(13-4-2-1-3-5-13)30-23(33)24-29-10-18(36-24)15-8-27-22(28-9-15)14-6-7-14/h8-10,13-14,16,19-21H,1-7,11-12H2,(H,30,33)/t16-,19?,20+,21+/m0/s1. The monoisotopic (exact) mass is 529 g/mol. The van der Waals surface area contributed by atoms with E-state index in [0.29, 0.717) is 5.92 Å². The molecule has 4 heterocycles. The van der Waals surface area contributed by atoms with Crippen molar-refractivity contribution in [3.05, 3.63) is 29.4 Å². The summed E-state index contributed by atoms with van der Waals surface area (Å²) >= 11 is 7.67. The van der Waals surface area contributed by atoms with Crippen LogP contribution in [-0.2, 0) is 14.3 Å². The molecule has 2 saturated carbocycles. The van der Waals surface area contributed by atoms with Crippen LogP contribution in [0.2, 0.25) is 0 Å². The summed E-state index contributed by atoms with van der Waals surface area (Å²) in [4.78, 5) is 55.1. The van der Waals surface area contributed by atoms with E-state index in [2.05, 4.69) is 20.3 Å². The van der Waals surface area contributed by atoms with E-state index in [0.717, 1.165) is 61.2 Å². The minimum Gasteiger partial charge on any atom is -0.366 e. The van der Waals surface area contributed by atoms with Gasteiger partial charge in [-0.25, -0.2) is 15.0 Å². The molecule has 2 aromatic heterocycles. The summed E-state index contributed by atoms with van der Waals surface area (Å²) in [6, 6.07) is -1.41. The summed E-state index contributed by atoms with van der Waals surface area (Å²) in [5.74, 6) is 0.561. The largest absolute Gasteiger partial charge is 0.366 e. The molecule has 4 fully saturated rings. The number of aromatic nitrogens is 3. The summed E-state index contributed by atoms with van der Waals surface area (Å²) in [7, 11) is 0. The number of nitrogens with one attached hydrogen (secondary N) is 1. The van der Waals surface area contributed by atoms with E-state index in [1.807, 2.05) is 0 Å². The summed E-state index contributed by atoms with van der Waals surface area (Å²) in [6.07, 6.45) is 11.8. The van der Waals surface area contributed by atoms with E-state index in [-0.39, 0.29) is 35.8 Å². The Labute approximate surface area is 218 Å². The summed E-state index contributed by atoms with van der Waals surface area (Å²) in [6.45, 7) is 0.203. The first-order chi connectivity index (χ1) is 17.5. The van der Waals surface area contributed by atoms with Gasteiger partial charge >= 0.3 is 0 Å². The predicted octanol–water partition coefficient (Wildman–Crippen LogP) is 2.94. The maximum atomic E-state index is 13.8. The van der Waals surface area contributed by atoms with E-state index in [9.17, 15) is 14.4 Å². The third-order valence-electron chi connectivity index (χ3n) is 7.68. The van der Waals surface area contributed by atoms with Crippen LogP contribution in [-0.4, -0.2) is 74.2 Å². The van der Waals surface area contributed by atoms with Crippen molar-refractivity contribution < 1.29 is 19.1 Å². The molecule has 190 valence electrons. The first-order valence-corrected chi connectivity index (χ1v) is 13.9. The molecule has 0 spiro atoms. The molecule has 1 N–H and O–H groups in total. The van der Waals surface area contributed by atoms with E-state index < -0.39 is 29.5 Å². The number of thiazole rings is 1. The fourth-order valence-corrected chi connectivity index (χ4v) is 6.74. The molecule has 11 heteroatoms. The Bertz CT molecular complexity index is 1160. The van der Waals surface area contributed by atoms with Gasteiger partial charge in [0.2, 0.25) is 5.91 Å². The molecule has 6 rings (SSSR count). The van der Waals surface area contributed by atoms with E-state index in [4.69, 9.17) is 16.3 Å². The van der Waals surface area contributed by atoms with Crippen LogP contribution < -0.4 is 5.32 Å². The first-order valence-electron chi connectivity index (χ1n) is 12.7. The molecular formula is C25H28ClN5O4S. The van der Waals surface area contributed by atoms with Crippen molar-refractivity contribution in [2.75, 3.05) is 13.2 Å². The van der Waals surface area contributed by atoms with E-state index in [1.165, 1.54) is 16.2 Å². The molecule has 2 aliphatic carbocycles. The number of amides is 2. The molecule has 4 aliphatic rings. The highest BCUT2D eigenvalue weighted by Crippen LogP contribution is 2.38. The number of ketones is 1. The second-order valence-electron chi connectivity index (χ2n) is 10.2. The summed E-state index contributed by atoms with van der Waals surface area (Å²) in [5, 5.41) is 2.81. The Morgan fingerprint density at radius 2 is 1.83 bits per heavy atom. The van der Waals surface area contributed by atoms with E-state index >= 15 is 0 Å². The molecule has 2 aliphatic heterocycles. The van der Waals surface area contributed by atoms with Crippen molar-refractivity contribution in [3.63, 3.8) is 0 Å². The number of halogens is 1. The van der Waals surface area contributed by atoms with Crippen LogP contribution in [0.3, 0.4) is 0 Å². The number of ether oxygens (including phenoxy) is 1. The van der Waals surface area contributed by atoms with Crippen molar-refractivity contribution in [1.29, 1.82) is 0 Å². The van der Waals surface area contributed by atoms with Crippen molar-refractivity contribution >= 4 is 40.5 Å². The third kappa shape index (κ3) is 4.54. The fourth-order valence-electron chi connectivity index (χ4n) is 5.58. The van der Waals surface area contributed by atoms with Crippen LogP contribution in [0.1, 0.15) is 66.5 Å². The zero-order chi connectivity index (χ0) is 24.8. The van der Waals surface area contributed by atoms with Gasteiger partial charge in [-0.15, -0.1) is 22.9 Å². The van der Waals surface area contributed by atoms with Gasteiger partial charge in [0.25, 0.3) is 5.91 Å². The lowest BCUT2D eigenvalue weighted by atomic mass is 9.83. The van der Waals surface area contributed by atoms with Gasteiger partial charge in [-0.05, 0) is 31.6 Å². The number of rotatable bonds is 6. The van der Waals surface area contributed by atoms with Gasteiger partial charge in [0.1, 0.15) is 30.6 Å². The Morgan fingerprint density at radius 3 is 2.56 bits per heavy atom. The van der Waals surface area contributed by atoms with Gasteiger partial charge in [0.15, 0.2) is 10.8 Å². The quantitative estimate of drug-likeness (QED) is 0.572. The number of hydrogen-bond acceptors (Lipinski definition) is 8. The van der Waals surface area contributed by atoms with Crippen molar-refractivity contribution in [2.45, 2.75) is 74.4 Å². The molecule has 0 radical (unpaired) electrons. The normalized spacial score (nSPS) is 27.2. The first kappa shape index (κ1) is 23.9. The van der Waals surface area contributed by atoms with Crippen molar-refractivity contribution in [3.8, 4) is 10.4 Å². The Kier molecular flexibility index (Phi) is 6.51. The van der Waals surface area contributed by atoms with Gasteiger partial charge in [-0.2, -0.15) is 0 Å². The molecule has 36 heavy (non-hydrogen) atoms. The molecule has 1 unspecified atom stereocenters. The summed E-state index contributed by atoms with van der Waals surface area (Å²) < 4.78 is 5.54. The van der Waals surface area contributed by atoms with Crippen molar-refractivity contribution in [2.24, 2.45) is 5.92 Å².